The lowest BCUT2D eigenvalue weighted by atomic mass is 10.00. The molecule has 98 valence electrons. The molecule has 0 radical (unpaired) electrons. The van der Waals surface area contributed by atoms with Crippen LogP contribution in [0.15, 0.2) is 30.3 Å². The average molecular weight is 251 g/mol. The smallest absolute Gasteiger partial charge is 0.405 e. The zero-order chi connectivity index (χ0) is 13.5. The molecule has 6 heteroatoms. The molecule has 0 heterocycles. The van der Waals surface area contributed by atoms with Gasteiger partial charge in [0.15, 0.2) is 0 Å². The number of primary amides is 1. The van der Waals surface area contributed by atoms with Crippen LogP contribution in [0.25, 0.3) is 0 Å². The zero-order valence-corrected chi connectivity index (χ0v) is 9.87. The van der Waals surface area contributed by atoms with Crippen LogP contribution in [0.2, 0.25) is 0 Å². The monoisotopic (exact) mass is 251 g/mol. The fourth-order valence-corrected chi connectivity index (χ4v) is 1.70. The molecule has 2 amide bonds. The Morgan fingerprint density at radius 2 is 1.89 bits per heavy atom. The highest BCUT2D eigenvalue weighted by molar-refractivity contribution is 5.83. The van der Waals surface area contributed by atoms with E-state index in [0.717, 1.165) is 5.56 Å². The SMILES string of the molecule is NC(=O)C(C[C@H](N)Cc1ccccc1)NC(=O)O. The third-order valence-corrected chi connectivity index (χ3v) is 2.52. The van der Waals surface area contributed by atoms with Gasteiger partial charge in [-0.2, -0.15) is 0 Å². The molecule has 0 saturated heterocycles. The Balaban J connectivity index is 2.53. The summed E-state index contributed by atoms with van der Waals surface area (Å²) in [6, 6.07) is 8.23. The van der Waals surface area contributed by atoms with Gasteiger partial charge in [0.2, 0.25) is 5.91 Å². The molecule has 2 atom stereocenters. The Hall–Kier alpha value is -2.08. The molecular formula is C12H17N3O3. The van der Waals surface area contributed by atoms with Gasteiger partial charge >= 0.3 is 6.09 Å². The first kappa shape index (κ1) is 14.0. The number of amides is 2. The Morgan fingerprint density at radius 1 is 1.28 bits per heavy atom. The van der Waals surface area contributed by atoms with Crippen molar-refractivity contribution in [3.05, 3.63) is 35.9 Å². The first-order valence-corrected chi connectivity index (χ1v) is 5.57. The molecule has 0 spiro atoms. The van der Waals surface area contributed by atoms with Crippen LogP contribution in [0.1, 0.15) is 12.0 Å². The largest absolute Gasteiger partial charge is 0.465 e. The van der Waals surface area contributed by atoms with E-state index in [9.17, 15) is 9.59 Å². The van der Waals surface area contributed by atoms with Crippen molar-refractivity contribution >= 4 is 12.0 Å². The number of carboxylic acid groups (broad SMARTS) is 1. The fraction of sp³-hybridized carbons (Fsp3) is 0.333. The van der Waals surface area contributed by atoms with Gasteiger partial charge in [-0.15, -0.1) is 0 Å². The molecule has 1 aromatic rings. The molecule has 0 bridgehead atoms. The minimum atomic E-state index is -1.29. The highest BCUT2D eigenvalue weighted by Crippen LogP contribution is 2.06. The third-order valence-electron chi connectivity index (χ3n) is 2.52. The Kier molecular flexibility index (Phi) is 5.13. The van der Waals surface area contributed by atoms with Crippen molar-refractivity contribution in [1.29, 1.82) is 0 Å². The molecule has 1 rings (SSSR count). The Labute approximate surface area is 105 Å². The van der Waals surface area contributed by atoms with Gasteiger partial charge in [-0.1, -0.05) is 30.3 Å². The van der Waals surface area contributed by atoms with Crippen LogP contribution in [-0.4, -0.2) is 29.2 Å². The summed E-state index contributed by atoms with van der Waals surface area (Å²) in [4.78, 5) is 21.6. The van der Waals surface area contributed by atoms with Crippen molar-refractivity contribution < 1.29 is 14.7 Å². The molecule has 1 unspecified atom stereocenters. The summed E-state index contributed by atoms with van der Waals surface area (Å²) < 4.78 is 0. The van der Waals surface area contributed by atoms with Gasteiger partial charge in [-0.3, -0.25) is 4.79 Å². The lowest BCUT2D eigenvalue weighted by molar-refractivity contribution is -0.120. The van der Waals surface area contributed by atoms with Crippen molar-refractivity contribution in [3.63, 3.8) is 0 Å². The van der Waals surface area contributed by atoms with Gasteiger partial charge in [0, 0.05) is 6.04 Å². The number of rotatable bonds is 6. The molecule has 6 N–H and O–H groups in total. The van der Waals surface area contributed by atoms with Crippen molar-refractivity contribution in [2.45, 2.75) is 24.9 Å². The van der Waals surface area contributed by atoms with E-state index < -0.39 is 18.0 Å². The summed E-state index contributed by atoms with van der Waals surface area (Å²) >= 11 is 0. The van der Waals surface area contributed by atoms with Crippen LogP contribution < -0.4 is 16.8 Å². The molecule has 0 aliphatic carbocycles. The van der Waals surface area contributed by atoms with Crippen LogP contribution in [-0.2, 0) is 11.2 Å². The van der Waals surface area contributed by atoms with Crippen LogP contribution in [0.4, 0.5) is 4.79 Å². The molecule has 1 aromatic carbocycles. The van der Waals surface area contributed by atoms with E-state index in [1.807, 2.05) is 30.3 Å². The first-order valence-electron chi connectivity index (χ1n) is 5.57. The molecule has 6 nitrogen and oxygen atoms in total. The van der Waals surface area contributed by atoms with Gasteiger partial charge in [-0.05, 0) is 18.4 Å². The summed E-state index contributed by atoms with van der Waals surface area (Å²) in [6.07, 6.45) is -0.548. The highest BCUT2D eigenvalue weighted by atomic mass is 16.4. The van der Waals surface area contributed by atoms with E-state index in [1.165, 1.54) is 0 Å². The fourth-order valence-electron chi connectivity index (χ4n) is 1.70. The van der Waals surface area contributed by atoms with Gasteiger partial charge in [0.1, 0.15) is 6.04 Å². The lowest BCUT2D eigenvalue weighted by Gasteiger charge is -2.18. The second-order valence-electron chi connectivity index (χ2n) is 4.09. The molecule has 0 aliphatic heterocycles. The third kappa shape index (κ3) is 4.84. The van der Waals surface area contributed by atoms with E-state index in [1.54, 1.807) is 0 Å². The predicted octanol–water partition coefficient (Wildman–Crippen LogP) is 0.0680. The Morgan fingerprint density at radius 3 is 2.39 bits per heavy atom. The van der Waals surface area contributed by atoms with Crippen molar-refractivity contribution in [1.82, 2.24) is 5.32 Å². The second kappa shape index (κ2) is 6.61. The summed E-state index contributed by atoms with van der Waals surface area (Å²) in [7, 11) is 0. The summed E-state index contributed by atoms with van der Waals surface area (Å²) in [5.41, 5.74) is 12.0. The number of nitrogens with one attached hydrogen (secondary N) is 1. The van der Waals surface area contributed by atoms with Crippen molar-refractivity contribution in [3.8, 4) is 0 Å². The van der Waals surface area contributed by atoms with Crippen LogP contribution >= 0.6 is 0 Å². The maximum Gasteiger partial charge on any atom is 0.405 e. The van der Waals surface area contributed by atoms with Gasteiger partial charge in [0.25, 0.3) is 0 Å². The number of carbonyl (C=O) groups excluding carboxylic acids is 1. The highest BCUT2D eigenvalue weighted by Gasteiger charge is 2.20. The number of benzene rings is 1. The van der Waals surface area contributed by atoms with E-state index in [4.69, 9.17) is 16.6 Å². The van der Waals surface area contributed by atoms with Crippen LogP contribution in [0, 0.1) is 0 Å². The standard InChI is InChI=1S/C12H17N3O3/c13-9(6-8-4-2-1-3-5-8)7-10(11(14)16)15-12(17)18/h1-5,9-10,15H,6-7,13H2,(H2,14,16)(H,17,18)/t9-,10?/m1/s1. The molecule has 18 heavy (non-hydrogen) atoms. The van der Waals surface area contributed by atoms with Crippen LogP contribution in [0.3, 0.4) is 0 Å². The minimum Gasteiger partial charge on any atom is -0.465 e. The molecule has 0 saturated carbocycles. The van der Waals surface area contributed by atoms with E-state index in [0.29, 0.717) is 6.42 Å². The number of nitrogens with two attached hydrogens (primary N) is 2. The van der Waals surface area contributed by atoms with Crippen molar-refractivity contribution in [2.24, 2.45) is 11.5 Å². The molecule has 0 aromatic heterocycles. The lowest BCUT2D eigenvalue weighted by Crippen LogP contribution is -2.47. The van der Waals surface area contributed by atoms with E-state index >= 15 is 0 Å². The predicted molar refractivity (Wildman–Crippen MR) is 66.9 cm³/mol. The van der Waals surface area contributed by atoms with E-state index in [-0.39, 0.29) is 12.5 Å². The summed E-state index contributed by atoms with van der Waals surface area (Å²) in [5.74, 6) is -0.721. The number of carbonyl (C=O) groups is 2. The Bertz CT molecular complexity index is 408. The minimum absolute atomic E-state index is 0.177. The van der Waals surface area contributed by atoms with E-state index in [2.05, 4.69) is 5.32 Å². The maximum atomic E-state index is 11.1. The zero-order valence-electron chi connectivity index (χ0n) is 9.87. The molecule has 0 fully saturated rings. The second-order valence-corrected chi connectivity index (χ2v) is 4.09. The maximum absolute atomic E-state index is 11.1. The topological polar surface area (TPSA) is 118 Å². The quantitative estimate of drug-likeness (QED) is 0.572. The summed E-state index contributed by atoms with van der Waals surface area (Å²) in [6.45, 7) is 0. The van der Waals surface area contributed by atoms with Gasteiger partial charge in [-0.25, -0.2) is 4.79 Å². The first-order chi connectivity index (χ1) is 8.49. The summed E-state index contributed by atoms with van der Waals surface area (Å²) in [5, 5.41) is 10.6. The number of hydrogen-bond acceptors (Lipinski definition) is 3. The van der Waals surface area contributed by atoms with Gasteiger partial charge in [0.05, 0.1) is 0 Å². The normalized spacial score (nSPS) is 13.6. The van der Waals surface area contributed by atoms with Crippen LogP contribution in [0.5, 0.6) is 0 Å². The molecular weight excluding hydrogens is 234 g/mol. The average Bonchev–Trinajstić information content (AvgIpc) is 2.28. The van der Waals surface area contributed by atoms with Crippen molar-refractivity contribution in [2.75, 3.05) is 0 Å². The molecule has 0 aliphatic rings. The van der Waals surface area contributed by atoms with Gasteiger partial charge < -0.3 is 21.9 Å². The number of hydrogen-bond donors (Lipinski definition) is 4.